The van der Waals surface area contributed by atoms with Crippen molar-refractivity contribution in [2.45, 2.75) is 44.8 Å². The molecule has 6 N–H and O–H groups in total. The van der Waals surface area contributed by atoms with Gasteiger partial charge in [-0.05, 0) is 48.6 Å². The number of aliphatic hydroxyl groups excluding tert-OH is 1. The zero-order chi connectivity index (χ0) is 24.9. The average molecular weight is 500 g/mol. The third kappa shape index (κ3) is 5.77. The minimum absolute atomic E-state index is 0.299. The van der Waals surface area contributed by atoms with Gasteiger partial charge in [0.15, 0.2) is 0 Å². The minimum atomic E-state index is -0.882. The number of thiophene rings is 1. The molecule has 1 aliphatic heterocycles. The highest BCUT2D eigenvalue weighted by Crippen LogP contribution is 2.42. The summed E-state index contributed by atoms with van der Waals surface area (Å²) in [6.07, 6.45) is 2.25. The first-order valence-corrected chi connectivity index (χ1v) is 12.7. The molecule has 1 unspecified atom stereocenters. The number of fused-ring (bicyclic) bond motifs is 1. The third-order valence-electron chi connectivity index (χ3n) is 6.37. The maximum atomic E-state index is 11.3. The van der Waals surface area contributed by atoms with Crippen molar-refractivity contribution >= 4 is 39.2 Å². The number of aryl methyl sites for hydroxylation is 1. The van der Waals surface area contributed by atoms with Crippen molar-refractivity contribution in [3.63, 3.8) is 0 Å². The normalized spacial score (nSPS) is 15.3. The van der Waals surface area contributed by atoms with E-state index in [-0.39, 0.29) is 0 Å². The first kappa shape index (κ1) is 25.0. The Morgan fingerprint density at radius 1 is 1.31 bits per heavy atom. The smallest absolute Gasteiger partial charge is 0.410 e. The van der Waals surface area contributed by atoms with Gasteiger partial charge in [0, 0.05) is 31.1 Å². The number of amides is 1. The summed E-state index contributed by atoms with van der Waals surface area (Å²) in [6, 6.07) is 9.92. The van der Waals surface area contributed by atoms with Gasteiger partial charge in [-0.25, -0.2) is 9.78 Å². The minimum Gasteiger partial charge on any atom is -0.497 e. The van der Waals surface area contributed by atoms with Crippen LogP contribution in [0.1, 0.15) is 43.4 Å². The van der Waals surface area contributed by atoms with Crippen molar-refractivity contribution in [1.82, 2.24) is 10.3 Å². The standard InChI is InChI=1S/C25H33N5O4S/c1-3-4-16-13-20(29-23-21(16)22(26)24(35-23)34-25(27)32)30-11-9-17(10-12-30)28-14-19(31)15-5-7-18(33-2)8-6-15/h5-8,13,17,19,28,31H,3-4,9-12,14,26H2,1-2H3,(H2,27,32). The quantitative estimate of drug-likeness (QED) is 0.351. The van der Waals surface area contributed by atoms with E-state index in [9.17, 15) is 9.90 Å². The van der Waals surface area contributed by atoms with Gasteiger partial charge in [0.2, 0.25) is 5.06 Å². The first-order chi connectivity index (χ1) is 16.9. The Hall–Kier alpha value is -3.08. The number of methoxy groups -OCH3 is 1. The van der Waals surface area contributed by atoms with Gasteiger partial charge in [-0.15, -0.1) is 0 Å². The lowest BCUT2D eigenvalue weighted by Crippen LogP contribution is -2.44. The monoisotopic (exact) mass is 499 g/mol. The number of nitrogen functional groups attached to an aromatic ring is 1. The molecule has 0 bridgehead atoms. The van der Waals surface area contributed by atoms with E-state index in [2.05, 4.69) is 23.2 Å². The molecule has 0 radical (unpaired) electrons. The highest BCUT2D eigenvalue weighted by atomic mass is 32.1. The van der Waals surface area contributed by atoms with E-state index in [1.165, 1.54) is 11.3 Å². The van der Waals surface area contributed by atoms with Gasteiger partial charge in [-0.1, -0.05) is 36.8 Å². The van der Waals surface area contributed by atoms with Crippen LogP contribution in [0.4, 0.5) is 16.3 Å². The molecule has 1 aromatic carbocycles. The van der Waals surface area contributed by atoms with Crippen LogP contribution < -0.4 is 31.2 Å². The zero-order valence-electron chi connectivity index (χ0n) is 20.1. The highest BCUT2D eigenvalue weighted by molar-refractivity contribution is 7.21. The number of aromatic nitrogens is 1. The van der Waals surface area contributed by atoms with Gasteiger partial charge >= 0.3 is 6.09 Å². The van der Waals surface area contributed by atoms with Crippen LogP contribution in [0.25, 0.3) is 10.2 Å². The second kappa shape index (κ2) is 11.1. The molecular formula is C25H33N5O4S. The van der Waals surface area contributed by atoms with Crippen LogP contribution in [0.15, 0.2) is 30.3 Å². The number of nitrogens with two attached hydrogens (primary N) is 2. The number of pyridine rings is 1. The van der Waals surface area contributed by atoms with Gasteiger partial charge in [-0.2, -0.15) is 0 Å². The molecule has 188 valence electrons. The summed E-state index contributed by atoms with van der Waals surface area (Å²) in [6.45, 7) is 4.32. The third-order valence-corrected chi connectivity index (χ3v) is 7.34. The number of nitrogens with one attached hydrogen (secondary N) is 1. The molecule has 35 heavy (non-hydrogen) atoms. The lowest BCUT2D eigenvalue weighted by molar-refractivity contribution is 0.167. The second-order valence-corrected chi connectivity index (χ2v) is 9.71. The predicted octanol–water partition coefficient (Wildman–Crippen LogP) is 3.59. The van der Waals surface area contributed by atoms with Gasteiger partial charge in [0.25, 0.3) is 0 Å². The van der Waals surface area contributed by atoms with E-state index in [0.29, 0.717) is 23.3 Å². The number of hydrogen-bond acceptors (Lipinski definition) is 9. The summed E-state index contributed by atoms with van der Waals surface area (Å²) in [5, 5.41) is 15.2. The number of anilines is 2. The summed E-state index contributed by atoms with van der Waals surface area (Å²) >= 11 is 1.25. The van der Waals surface area contributed by atoms with E-state index in [1.54, 1.807) is 7.11 Å². The molecule has 0 aliphatic carbocycles. The molecule has 0 saturated carbocycles. The van der Waals surface area contributed by atoms with E-state index in [0.717, 1.165) is 71.7 Å². The average Bonchev–Trinajstić information content (AvgIpc) is 3.17. The molecular weight excluding hydrogens is 466 g/mol. The second-order valence-electron chi connectivity index (χ2n) is 8.75. The van der Waals surface area contributed by atoms with E-state index in [1.807, 2.05) is 24.3 Å². The largest absolute Gasteiger partial charge is 0.497 e. The van der Waals surface area contributed by atoms with Crippen LogP contribution in [-0.2, 0) is 6.42 Å². The fourth-order valence-electron chi connectivity index (χ4n) is 4.50. The number of benzene rings is 1. The Kier molecular flexibility index (Phi) is 7.94. The number of ether oxygens (including phenoxy) is 2. The van der Waals surface area contributed by atoms with Gasteiger partial charge in [0.1, 0.15) is 16.4 Å². The van der Waals surface area contributed by atoms with Crippen LogP contribution in [-0.4, -0.2) is 49.0 Å². The molecule has 3 heterocycles. The maximum absolute atomic E-state index is 11.3. The topological polar surface area (TPSA) is 136 Å². The summed E-state index contributed by atoms with van der Waals surface area (Å²) in [7, 11) is 1.63. The number of hydrogen-bond donors (Lipinski definition) is 4. The predicted molar refractivity (Wildman–Crippen MR) is 139 cm³/mol. The first-order valence-electron chi connectivity index (χ1n) is 11.9. The Morgan fingerprint density at radius 3 is 2.66 bits per heavy atom. The highest BCUT2D eigenvalue weighted by Gasteiger charge is 2.24. The fraction of sp³-hybridized carbons (Fsp3) is 0.440. The van der Waals surface area contributed by atoms with Crippen LogP contribution in [0, 0.1) is 0 Å². The number of carbonyl (C=O) groups is 1. The number of primary amides is 1. The lowest BCUT2D eigenvalue weighted by Gasteiger charge is -2.34. The Balaban J connectivity index is 1.40. The summed E-state index contributed by atoms with van der Waals surface area (Å²) < 4.78 is 10.3. The molecule has 9 nitrogen and oxygen atoms in total. The Bertz CT molecular complexity index is 1160. The molecule has 1 fully saturated rings. The number of carbonyl (C=O) groups excluding carboxylic acids is 1. The molecule has 3 aromatic rings. The van der Waals surface area contributed by atoms with Gasteiger partial charge in [0.05, 0.1) is 18.9 Å². The molecule has 10 heteroatoms. The Morgan fingerprint density at radius 2 is 2.03 bits per heavy atom. The van der Waals surface area contributed by atoms with Crippen molar-refractivity contribution in [2.24, 2.45) is 5.73 Å². The fourth-order valence-corrected chi connectivity index (χ4v) is 5.49. The van der Waals surface area contributed by atoms with Gasteiger partial charge in [-0.3, -0.25) is 0 Å². The SMILES string of the molecule is CCCc1cc(N2CCC(NCC(O)c3ccc(OC)cc3)CC2)nc2sc(OC(N)=O)c(N)c12. The lowest BCUT2D eigenvalue weighted by atomic mass is 10.0. The van der Waals surface area contributed by atoms with Crippen LogP contribution in [0.3, 0.4) is 0 Å². The molecule has 1 atom stereocenters. The van der Waals surface area contributed by atoms with E-state index < -0.39 is 12.2 Å². The van der Waals surface area contributed by atoms with Crippen molar-refractivity contribution in [1.29, 1.82) is 0 Å². The zero-order valence-corrected chi connectivity index (χ0v) is 20.9. The van der Waals surface area contributed by atoms with Crippen molar-refractivity contribution in [2.75, 3.05) is 37.4 Å². The number of piperidine rings is 1. The summed E-state index contributed by atoms with van der Waals surface area (Å²) in [4.78, 5) is 19.1. The molecule has 1 saturated heterocycles. The van der Waals surface area contributed by atoms with Crippen molar-refractivity contribution in [3.05, 3.63) is 41.5 Å². The van der Waals surface area contributed by atoms with Crippen molar-refractivity contribution in [3.8, 4) is 10.8 Å². The van der Waals surface area contributed by atoms with E-state index in [4.69, 9.17) is 25.9 Å². The summed E-state index contributed by atoms with van der Waals surface area (Å²) in [5.41, 5.74) is 13.9. The number of nitrogens with zero attached hydrogens (tertiary/aromatic N) is 2. The van der Waals surface area contributed by atoms with Crippen LogP contribution >= 0.6 is 11.3 Å². The molecule has 1 amide bonds. The summed E-state index contributed by atoms with van der Waals surface area (Å²) in [5.74, 6) is 1.68. The molecule has 4 rings (SSSR count). The molecule has 0 spiro atoms. The molecule has 1 aliphatic rings. The van der Waals surface area contributed by atoms with Crippen molar-refractivity contribution < 1.29 is 19.4 Å². The Labute approximate surface area is 209 Å². The van der Waals surface area contributed by atoms with Crippen LogP contribution in [0.2, 0.25) is 0 Å². The number of aliphatic hydroxyl groups is 1. The maximum Gasteiger partial charge on any atom is 0.410 e. The van der Waals surface area contributed by atoms with Crippen LogP contribution in [0.5, 0.6) is 10.8 Å². The van der Waals surface area contributed by atoms with Gasteiger partial charge < -0.3 is 36.3 Å². The number of rotatable bonds is 9. The van der Waals surface area contributed by atoms with E-state index >= 15 is 0 Å². The molecule has 2 aromatic heterocycles.